The van der Waals surface area contributed by atoms with Gasteiger partial charge in [-0.05, 0) is 69.8 Å². The molecule has 3 aliphatic rings. The highest BCUT2D eigenvalue weighted by Crippen LogP contribution is 2.59. The first-order valence-electron chi connectivity index (χ1n) is 19.4. The van der Waals surface area contributed by atoms with Gasteiger partial charge in [0.2, 0.25) is 0 Å². The number of furan rings is 1. The summed E-state index contributed by atoms with van der Waals surface area (Å²) in [5.41, 5.74) is 12.1. The van der Waals surface area contributed by atoms with Gasteiger partial charge in [0.05, 0.1) is 5.41 Å². The van der Waals surface area contributed by atoms with E-state index in [1.165, 1.54) is 22.3 Å². The van der Waals surface area contributed by atoms with Crippen molar-refractivity contribution >= 4 is 21.9 Å². The summed E-state index contributed by atoms with van der Waals surface area (Å²) in [5, 5.41) is 2.19. The Balaban J connectivity index is 1.16. The van der Waals surface area contributed by atoms with Crippen LogP contribution in [-0.2, 0) is 5.41 Å². The van der Waals surface area contributed by atoms with Gasteiger partial charge in [-0.2, -0.15) is 0 Å². The molecule has 0 saturated heterocycles. The second-order valence-corrected chi connectivity index (χ2v) is 15.0. The van der Waals surface area contributed by atoms with Crippen molar-refractivity contribution in [3.8, 4) is 51.0 Å². The van der Waals surface area contributed by atoms with Gasteiger partial charge in [-0.3, -0.25) is 0 Å². The maximum Gasteiger partial charge on any atom is 0.164 e. The van der Waals surface area contributed by atoms with Gasteiger partial charge in [-0.25, -0.2) is 15.0 Å². The molecule has 0 N–H and O–H groups in total. The smallest absolute Gasteiger partial charge is 0.164 e. The minimum atomic E-state index is -0.701. The molecule has 0 spiro atoms. The van der Waals surface area contributed by atoms with Crippen molar-refractivity contribution in [1.82, 2.24) is 15.0 Å². The molecular formula is C52H33N3O2. The number of para-hydroxylation sites is 1. The number of allylic oxidation sites excluding steroid dienone is 2. The van der Waals surface area contributed by atoms with Crippen LogP contribution in [0.25, 0.3) is 67.2 Å². The van der Waals surface area contributed by atoms with Crippen molar-refractivity contribution in [2.24, 2.45) is 0 Å². The molecule has 3 heterocycles. The molecule has 5 heteroatoms. The zero-order valence-corrected chi connectivity index (χ0v) is 30.7. The number of rotatable bonds is 5. The van der Waals surface area contributed by atoms with Gasteiger partial charge in [-0.1, -0.05) is 152 Å². The first-order chi connectivity index (χ1) is 28.2. The van der Waals surface area contributed by atoms with Gasteiger partial charge in [0.15, 0.2) is 17.5 Å². The van der Waals surface area contributed by atoms with E-state index in [0.717, 1.165) is 61.1 Å². The summed E-state index contributed by atoms with van der Waals surface area (Å²) in [7, 11) is 0. The predicted octanol–water partition coefficient (Wildman–Crippen LogP) is 12.1. The predicted molar refractivity (Wildman–Crippen MR) is 226 cm³/mol. The van der Waals surface area contributed by atoms with E-state index in [-0.39, 0.29) is 12.0 Å². The molecule has 2 aliphatic carbocycles. The maximum atomic E-state index is 6.50. The van der Waals surface area contributed by atoms with Crippen LogP contribution in [0.3, 0.4) is 0 Å². The molecule has 2 aromatic heterocycles. The molecule has 0 radical (unpaired) electrons. The highest BCUT2D eigenvalue weighted by Gasteiger charge is 2.48. The quantitative estimate of drug-likeness (QED) is 0.176. The van der Waals surface area contributed by atoms with Crippen molar-refractivity contribution < 1.29 is 9.15 Å². The molecule has 1 aliphatic heterocycles. The van der Waals surface area contributed by atoms with Crippen LogP contribution < -0.4 is 4.74 Å². The van der Waals surface area contributed by atoms with Crippen LogP contribution in [0.4, 0.5) is 0 Å². The van der Waals surface area contributed by atoms with Crippen LogP contribution in [0.2, 0.25) is 0 Å². The van der Waals surface area contributed by atoms with Crippen molar-refractivity contribution in [2.75, 3.05) is 0 Å². The van der Waals surface area contributed by atoms with Crippen LogP contribution in [0.15, 0.2) is 193 Å². The van der Waals surface area contributed by atoms with E-state index in [4.69, 9.17) is 24.1 Å². The lowest BCUT2D eigenvalue weighted by molar-refractivity contribution is 0.269. The Labute approximate surface area is 329 Å². The molecule has 9 aromatic rings. The van der Waals surface area contributed by atoms with Gasteiger partial charge in [-0.15, -0.1) is 0 Å². The van der Waals surface area contributed by atoms with E-state index in [2.05, 4.69) is 140 Å². The molecule has 0 fully saturated rings. The lowest BCUT2D eigenvalue weighted by atomic mass is 9.67. The fourth-order valence-electron chi connectivity index (χ4n) is 9.47. The molecule has 0 saturated carbocycles. The summed E-state index contributed by atoms with van der Waals surface area (Å²) in [6.07, 6.45) is 8.63. The van der Waals surface area contributed by atoms with E-state index in [0.29, 0.717) is 17.5 Å². The number of nitrogens with zero attached hydrogens (tertiary/aromatic N) is 3. The normalized spacial score (nSPS) is 18.6. The van der Waals surface area contributed by atoms with Crippen molar-refractivity contribution in [1.29, 1.82) is 0 Å². The van der Waals surface area contributed by atoms with Gasteiger partial charge >= 0.3 is 0 Å². The number of ether oxygens (including phenoxy) is 1. The molecule has 0 bridgehead atoms. The Morgan fingerprint density at radius 1 is 0.474 bits per heavy atom. The second kappa shape index (κ2) is 12.3. The Hall–Kier alpha value is -7.37. The van der Waals surface area contributed by atoms with Crippen LogP contribution in [-0.4, -0.2) is 21.1 Å². The number of fused-ring (bicyclic) bond motifs is 9. The molecule has 3 unspecified atom stereocenters. The summed E-state index contributed by atoms with van der Waals surface area (Å²) in [6, 6.07) is 57.7. The first-order valence-corrected chi connectivity index (χ1v) is 19.4. The summed E-state index contributed by atoms with van der Waals surface area (Å²) >= 11 is 0. The Bertz CT molecular complexity index is 3070. The number of hydrogen-bond acceptors (Lipinski definition) is 5. The van der Waals surface area contributed by atoms with Gasteiger partial charge in [0.25, 0.3) is 0 Å². The molecule has 3 atom stereocenters. The SMILES string of the molecule is C1=CC2Oc3ccc(C4(c5ccc6oc7ccccc7c6c5)c5ccccc5-c5c(-c6nc(-c7ccccc7)nc(-c7ccccc7)n6)cccc54)cc3C2C=C1. The lowest BCUT2D eigenvalue weighted by Crippen LogP contribution is -2.28. The molecular weight excluding hydrogens is 699 g/mol. The number of aromatic nitrogens is 3. The standard InChI is InChI=1S/C52H33N3O2/c1-3-14-32(15-4-1)49-53-50(33-16-5-2-6-17-33)55-51(54-49)39-21-13-23-43-48(39)38-20-7-10-22-42(38)52(43,34-26-28-46-40(30-34)36-18-8-11-24-44(36)56-46)35-27-29-47-41(31-35)37-19-9-12-25-45(37)57-47/h1-31,36,44H. The van der Waals surface area contributed by atoms with E-state index in [9.17, 15) is 0 Å². The van der Waals surface area contributed by atoms with Crippen molar-refractivity contribution in [3.63, 3.8) is 0 Å². The van der Waals surface area contributed by atoms with E-state index >= 15 is 0 Å². The molecule has 0 amide bonds. The summed E-state index contributed by atoms with van der Waals surface area (Å²) < 4.78 is 12.9. The van der Waals surface area contributed by atoms with Crippen molar-refractivity contribution in [3.05, 3.63) is 216 Å². The van der Waals surface area contributed by atoms with Crippen LogP contribution in [0, 0.1) is 0 Å². The lowest BCUT2D eigenvalue weighted by Gasteiger charge is -2.34. The second-order valence-electron chi connectivity index (χ2n) is 15.0. The monoisotopic (exact) mass is 731 g/mol. The average Bonchev–Trinajstić information content (AvgIpc) is 3.95. The topological polar surface area (TPSA) is 61.0 Å². The Kier molecular flexibility index (Phi) is 6.90. The summed E-state index contributed by atoms with van der Waals surface area (Å²) in [4.78, 5) is 15.5. The summed E-state index contributed by atoms with van der Waals surface area (Å²) in [5.74, 6) is 2.97. The van der Waals surface area contributed by atoms with Crippen LogP contribution >= 0.6 is 0 Å². The summed E-state index contributed by atoms with van der Waals surface area (Å²) in [6.45, 7) is 0. The first kappa shape index (κ1) is 31.9. The zero-order valence-electron chi connectivity index (χ0n) is 30.7. The third-order valence-corrected chi connectivity index (χ3v) is 12.0. The molecule has 5 nitrogen and oxygen atoms in total. The molecule has 57 heavy (non-hydrogen) atoms. The van der Waals surface area contributed by atoms with Crippen LogP contribution in [0.1, 0.15) is 33.7 Å². The van der Waals surface area contributed by atoms with E-state index in [1.807, 2.05) is 48.5 Å². The molecule has 268 valence electrons. The van der Waals surface area contributed by atoms with Crippen LogP contribution in [0.5, 0.6) is 5.75 Å². The number of hydrogen-bond donors (Lipinski definition) is 0. The fraction of sp³-hybridized carbons (Fsp3) is 0.0577. The zero-order chi connectivity index (χ0) is 37.5. The van der Waals surface area contributed by atoms with E-state index < -0.39 is 5.41 Å². The number of benzene rings is 7. The third kappa shape index (κ3) is 4.72. The molecule has 7 aromatic carbocycles. The highest BCUT2D eigenvalue weighted by molar-refractivity contribution is 6.06. The van der Waals surface area contributed by atoms with E-state index in [1.54, 1.807) is 0 Å². The van der Waals surface area contributed by atoms with Gasteiger partial charge < -0.3 is 9.15 Å². The highest BCUT2D eigenvalue weighted by atomic mass is 16.5. The maximum absolute atomic E-state index is 6.50. The Morgan fingerprint density at radius 3 is 1.93 bits per heavy atom. The third-order valence-electron chi connectivity index (χ3n) is 12.0. The molecule has 12 rings (SSSR count). The van der Waals surface area contributed by atoms with Gasteiger partial charge in [0, 0.05) is 38.9 Å². The Morgan fingerprint density at radius 2 is 1.11 bits per heavy atom. The fourth-order valence-corrected chi connectivity index (χ4v) is 9.47. The van der Waals surface area contributed by atoms with Crippen molar-refractivity contribution in [2.45, 2.75) is 17.4 Å². The average molecular weight is 732 g/mol. The minimum absolute atomic E-state index is 0.0129. The largest absolute Gasteiger partial charge is 0.485 e. The van der Waals surface area contributed by atoms with Gasteiger partial charge in [0.1, 0.15) is 23.0 Å². The minimum Gasteiger partial charge on any atom is -0.485 e.